The molecule has 0 N–H and O–H groups in total. The van der Waals surface area contributed by atoms with Crippen molar-refractivity contribution in [3.63, 3.8) is 0 Å². The summed E-state index contributed by atoms with van der Waals surface area (Å²) in [4.78, 5) is 12.1. The average Bonchev–Trinajstić information content (AvgIpc) is 3.12. The number of ketones is 1. The van der Waals surface area contributed by atoms with Crippen LogP contribution in [0.1, 0.15) is 48.0 Å². The quantitative estimate of drug-likeness (QED) is 0.720. The van der Waals surface area contributed by atoms with Gasteiger partial charge >= 0.3 is 0 Å². The Balaban J connectivity index is 2.26. The summed E-state index contributed by atoms with van der Waals surface area (Å²) in [5.41, 5.74) is 2.00. The van der Waals surface area contributed by atoms with Crippen LogP contribution in [0.15, 0.2) is 24.3 Å². The molecule has 1 aliphatic carbocycles. The zero-order valence-corrected chi connectivity index (χ0v) is 9.44. The zero-order chi connectivity index (χ0) is 11.5. The van der Waals surface area contributed by atoms with E-state index in [2.05, 4.69) is 6.07 Å². The molecular formula is C14H15NO. The standard InChI is InChI=1S/C14H15NO/c1-10(8-9-15)14(16)13-5-3-2-4-12(13)11-6-7-11/h2-5,10-11H,6-8H2,1H3. The number of nitriles is 1. The maximum absolute atomic E-state index is 12.1. The van der Waals surface area contributed by atoms with Gasteiger partial charge in [0.2, 0.25) is 0 Å². The van der Waals surface area contributed by atoms with Crippen LogP contribution < -0.4 is 0 Å². The first-order valence-corrected chi connectivity index (χ1v) is 5.74. The summed E-state index contributed by atoms with van der Waals surface area (Å²) in [6, 6.07) is 9.89. The van der Waals surface area contributed by atoms with Gasteiger partial charge in [0.15, 0.2) is 5.78 Å². The molecule has 0 spiro atoms. The van der Waals surface area contributed by atoms with Gasteiger partial charge < -0.3 is 0 Å². The lowest BCUT2D eigenvalue weighted by Gasteiger charge is -2.10. The number of hydrogen-bond acceptors (Lipinski definition) is 2. The van der Waals surface area contributed by atoms with Crippen LogP contribution in [0.2, 0.25) is 0 Å². The Morgan fingerprint density at radius 2 is 2.19 bits per heavy atom. The molecule has 1 unspecified atom stereocenters. The lowest BCUT2D eigenvalue weighted by atomic mass is 9.92. The smallest absolute Gasteiger partial charge is 0.166 e. The van der Waals surface area contributed by atoms with Gasteiger partial charge in [0.1, 0.15) is 0 Å². The Labute approximate surface area is 95.9 Å². The van der Waals surface area contributed by atoms with Crippen molar-refractivity contribution in [1.29, 1.82) is 5.26 Å². The molecule has 0 aliphatic heterocycles. The maximum Gasteiger partial charge on any atom is 0.166 e. The molecule has 0 amide bonds. The Kier molecular flexibility index (Phi) is 3.05. The third-order valence-electron chi connectivity index (χ3n) is 3.09. The fourth-order valence-corrected chi connectivity index (χ4v) is 1.97. The highest BCUT2D eigenvalue weighted by Gasteiger charge is 2.28. The number of benzene rings is 1. The summed E-state index contributed by atoms with van der Waals surface area (Å²) >= 11 is 0. The van der Waals surface area contributed by atoms with Gasteiger partial charge in [-0.05, 0) is 24.3 Å². The molecule has 82 valence electrons. The minimum atomic E-state index is -0.190. The predicted molar refractivity (Wildman–Crippen MR) is 62.1 cm³/mol. The van der Waals surface area contributed by atoms with Crippen LogP contribution in [0.3, 0.4) is 0 Å². The van der Waals surface area contributed by atoms with Gasteiger partial charge in [0, 0.05) is 17.9 Å². The van der Waals surface area contributed by atoms with Crippen LogP contribution in [0.4, 0.5) is 0 Å². The number of hydrogen-bond donors (Lipinski definition) is 0. The molecule has 1 aromatic rings. The molecule has 16 heavy (non-hydrogen) atoms. The Bertz CT molecular complexity index is 440. The zero-order valence-electron chi connectivity index (χ0n) is 9.44. The molecule has 2 heteroatoms. The van der Waals surface area contributed by atoms with Crippen molar-refractivity contribution < 1.29 is 4.79 Å². The lowest BCUT2D eigenvalue weighted by molar-refractivity contribution is 0.0931. The molecule has 0 heterocycles. The van der Waals surface area contributed by atoms with Crippen LogP contribution in [0, 0.1) is 17.2 Å². The first-order chi connectivity index (χ1) is 7.74. The van der Waals surface area contributed by atoms with Crippen molar-refractivity contribution in [3.8, 4) is 6.07 Å². The van der Waals surface area contributed by atoms with E-state index in [0.717, 1.165) is 5.56 Å². The van der Waals surface area contributed by atoms with E-state index in [1.807, 2.05) is 31.2 Å². The largest absolute Gasteiger partial charge is 0.294 e. The van der Waals surface area contributed by atoms with E-state index in [1.54, 1.807) is 0 Å². The summed E-state index contributed by atoms with van der Waals surface area (Å²) in [6.07, 6.45) is 2.69. The number of carbonyl (C=O) groups is 1. The molecule has 1 atom stereocenters. The minimum Gasteiger partial charge on any atom is -0.294 e. The van der Waals surface area contributed by atoms with Crippen molar-refractivity contribution >= 4 is 5.78 Å². The van der Waals surface area contributed by atoms with Gasteiger partial charge in [-0.2, -0.15) is 5.26 Å². The summed E-state index contributed by atoms with van der Waals surface area (Å²) in [7, 11) is 0. The Morgan fingerprint density at radius 1 is 1.50 bits per heavy atom. The van der Waals surface area contributed by atoms with Crippen molar-refractivity contribution in [1.82, 2.24) is 0 Å². The van der Waals surface area contributed by atoms with E-state index in [-0.39, 0.29) is 11.7 Å². The summed E-state index contributed by atoms with van der Waals surface area (Å²) in [5.74, 6) is 0.503. The summed E-state index contributed by atoms with van der Waals surface area (Å²) < 4.78 is 0. The highest BCUT2D eigenvalue weighted by Crippen LogP contribution is 2.42. The molecule has 2 nitrogen and oxygen atoms in total. The molecule has 1 fully saturated rings. The number of rotatable bonds is 4. The molecular weight excluding hydrogens is 198 g/mol. The van der Waals surface area contributed by atoms with Crippen LogP contribution in [-0.2, 0) is 0 Å². The van der Waals surface area contributed by atoms with Gasteiger partial charge in [0.25, 0.3) is 0 Å². The molecule has 0 saturated heterocycles. The third-order valence-corrected chi connectivity index (χ3v) is 3.09. The van der Waals surface area contributed by atoms with E-state index in [1.165, 1.54) is 18.4 Å². The number of nitrogens with zero attached hydrogens (tertiary/aromatic N) is 1. The lowest BCUT2D eigenvalue weighted by Crippen LogP contribution is -2.12. The second-order valence-corrected chi connectivity index (χ2v) is 4.49. The molecule has 1 aliphatic rings. The summed E-state index contributed by atoms with van der Waals surface area (Å²) in [6.45, 7) is 1.83. The molecule has 0 aromatic heterocycles. The first kappa shape index (κ1) is 10.9. The fourth-order valence-electron chi connectivity index (χ4n) is 1.97. The van der Waals surface area contributed by atoms with E-state index >= 15 is 0 Å². The topological polar surface area (TPSA) is 40.9 Å². The van der Waals surface area contributed by atoms with Gasteiger partial charge in [-0.1, -0.05) is 31.2 Å². The molecule has 0 bridgehead atoms. The monoisotopic (exact) mass is 213 g/mol. The third kappa shape index (κ3) is 2.14. The highest BCUT2D eigenvalue weighted by atomic mass is 16.1. The molecule has 1 saturated carbocycles. The van der Waals surface area contributed by atoms with E-state index in [9.17, 15) is 4.79 Å². The Hall–Kier alpha value is -1.62. The maximum atomic E-state index is 12.1. The van der Waals surface area contributed by atoms with Gasteiger partial charge in [-0.3, -0.25) is 4.79 Å². The number of Topliss-reactive ketones (excluding diaryl/α,β-unsaturated/α-hetero) is 1. The van der Waals surface area contributed by atoms with Gasteiger partial charge in [-0.25, -0.2) is 0 Å². The number of carbonyl (C=O) groups excluding carboxylic acids is 1. The van der Waals surface area contributed by atoms with Crippen molar-refractivity contribution in [3.05, 3.63) is 35.4 Å². The van der Waals surface area contributed by atoms with Crippen molar-refractivity contribution in [2.75, 3.05) is 0 Å². The molecule has 0 radical (unpaired) electrons. The fraction of sp³-hybridized carbons (Fsp3) is 0.429. The predicted octanol–water partition coefficient (Wildman–Crippen LogP) is 3.30. The normalized spacial score (nSPS) is 16.5. The highest BCUT2D eigenvalue weighted by molar-refractivity contribution is 5.99. The second kappa shape index (κ2) is 4.49. The first-order valence-electron chi connectivity index (χ1n) is 5.74. The van der Waals surface area contributed by atoms with E-state index in [4.69, 9.17) is 5.26 Å². The van der Waals surface area contributed by atoms with Gasteiger partial charge in [-0.15, -0.1) is 0 Å². The van der Waals surface area contributed by atoms with Crippen molar-refractivity contribution in [2.24, 2.45) is 5.92 Å². The van der Waals surface area contributed by atoms with Crippen LogP contribution >= 0.6 is 0 Å². The SMILES string of the molecule is CC(CC#N)C(=O)c1ccccc1C1CC1. The van der Waals surface area contributed by atoms with Crippen LogP contribution in [-0.4, -0.2) is 5.78 Å². The second-order valence-electron chi connectivity index (χ2n) is 4.49. The van der Waals surface area contributed by atoms with Crippen LogP contribution in [0.25, 0.3) is 0 Å². The summed E-state index contributed by atoms with van der Waals surface area (Å²) in [5, 5.41) is 8.62. The van der Waals surface area contributed by atoms with E-state index in [0.29, 0.717) is 12.3 Å². The molecule has 1 aromatic carbocycles. The van der Waals surface area contributed by atoms with Crippen LogP contribution in [0.5, 0.6) is 0 Å². The van der Waals surface area contributed by atoms with E-state index < -0.39 is 0 Å². The van der Waals surface area contributed by atoms with Crippen molar-refractivity contribution in [2.45, 2.75) is 32.1 Å². The molecule has 2 rings (SSSR count). The Morgan fingerprint density at radius 3 is 2.81 bits per heavy atom. The average molecular weight is 213 g/mol. The van der Waals surface area contributed by atoms with Gasteiger partial charge in [0.05, 0.1) is 6.07 Å². The minimum absolute atomic E-state index is 0.115.